The molecule has 58 valence electrons. The first kappa shape index (κ1) is 9.17. The van der Waals surface area contributed by atoms with Gasteiger partial charge in [-0.1, -0.05) is 6.58 Å². The van der Waals surface area contributed by atoms with Gasteiger partial charge in [-0.05, 0) is 14.0 Å². The maximum absolute atomic E-state index is 4.04. The van der Waals surface area contributed by atoms with Crippen molar-refractivity contribution in [1.82, 2.24) is 10.3 Å². The van der Waals surface area contributed by atoms with Crippen molar-refractivity contribution < 1.29 is 0 Å². The zero-order valence-electron chi connectivity index (χ0n) is 6.83. The fraction of sp³-hybridized carbons (Fsp3) is 0.571. The van der Waals surface area contributed by atoms with E-state index in [1.165, 1.54) is 0 Å². The van der Waals surface area contributed by atoms with Gasteiger partial charge in [0.25, 0.3) is 0 Å². The molecular weight excluding hydrogens is 126 g/mol. The lowest BCUT2D eigenvalue weighted by Crippen LogP contribution is -2.23. The molecule has 3 nitrogen and oxygen atoms in total. The fourth-order valence-corrected chi connectivity index (χ4v) is 0.327. The van der Waals surface area contributed by atoms with Crippen LogP contribution in [0.2, 0.25) is 0 Å². The van der Waals surface area contributed by atoms with E-state index in [4.69, 9.17) is 0 Å². The number of hydrogen-bond acceptors (Lipinski definition) is 3. The van der Waals surface area contributed by atoms with Crippen LogP contribution in [-0.2, 0) is 0 Å². The first-order valence-corrected chi connectivity index (χ1v) is 3.27. The van der Waals surface area contributed by atoms with E-state index in [0.717, 1.165) is 0 Å². The Morgan fingerprint density at radius 2 is 2.30 bits per heavy atom. The second kappa shape index (κ2) is 4.99. The van der Waals surface area contributed by atoms with Crippen molar-refractivity contribution in [3.63, 3.8) is 0 Å². The Morgan fingerprint density at radius 3 is 2.70 bits per heavy atom. The topological polar surface area (TPSA) is 27.6 Å². The zero-order chi connectivity index (χ0) is 7.98. The van der Waals surface area contributed by atoms with Gasteiger partial charge in [0.2, 0.25) is 0 Å². The van der Waals surface area contributed by atoms with Crippen LogP contribution in [0.4, 0.5) is 0 Å². The summed E-state index contributed by atoms with van der Waals surface area (Å²) in [5, 5.41) is 8.74. The standard InChI is InChI=1S/C7H15N3/c1-5-10(4)9-6-7(2)8-3/h5-8H,1H2,2-4H3/b9-6-. The molecule has 0 aliphatic heterocycles. The highest BCUT2D eigenvalue weighted by atomic mass is 15.4. The Balaban J connectivity index is 3.62. The Labute approximate surface area is 62.4 Å². The van der Waals surface area contributed by atoms with Gasteiger partial charge in [-0.25, -0.2) is 0 Å². The SMILES string of the molecule is C=CN(C)/N=C\C(C)NC. The molecule has 1 unspecified atom stereocenters. The third kappa shape index (κ3) is 4.09. The van der Waals surface area contributed by atoms with E-state index in [9.17, 15) is 0 Å². The predicted octanol–water partition coefficient (Wildman–Crippen LogP) is 0.655. The Hall–Kier alpha value is -0.830. The lowest BCUT2D eigenvalue weighted by Gasteiger charge is -2.06. The molecule has 0 rings (SSSR count). The molecule has 10 heavy (non-hydrogen) atoms. The first-order chi connectivity index (χ1) is 4.70. The molecule has 1 N–H and O–H groups in total. The Bertz CT molecular complexity index is 120. The molecule has 0 saturated carbocycles. The highest BCUT2D eigenvalue weighted by Crippen LogP contribution is 1.81. The van der Waals surface area contributed by atoms with Gasteiger partial charge in [-0.2, -0.15) is 5.10 Å². The van der Waals surface area contributed by atoms with Gasteiger partial charge in [0, 0.05) is 25.5 Å². The molecule has 3 heteroatoms. The van der Waals surface area contributed by atoms with Crippen LogP contribution >= 0.6 is 0 Å². The summed E-state index contributed by atoms with van der Waals surface area (Å²) in [6.07, 6.45) is 3.47. The molecule has 0 saturated heterocycles. The van der Waals surface area contributed by atoms with E-state index in [1.54, 1.807) is 11.2 Å². The number of hydrogen-bond donors (Lipinski definition) is 1. The molecule has 0 aromatic heterocycles. The van der Waals surface area contributed by atoms with E-state index in [2.05, 4.69) is 17.0 Å². The second-order valence-electron chi connectivity index (χ2n) is 2.10. The van der Waals surface area contributed by atoms with Gasteiger partial charge in [0.1, 0.15) is 0 Å². The Morgan fingerprint density at radius 1 is 1.70 bits per heavy atom. The van der Waals surface area contributed by atoms with Gasteiger partial charge in [-0.15, -0.1) is 0 Å². The average Bonchev–Trinajstić information content (AvgIpc) is 1.99. The number of nitrogens with zero attached hydrogens (tertiary/aromatic N) is 2. The molecule has 0 aromatic carbocycles. The molecule has 0 bridgehead atoms. The summed E-state index contributed by atoms with van der Waals surface area (Å²) >= 11 is 0. The van der Waals surface area contributed by atoms with E-state index in [0.29, 0.717) is 6.04 Å². The van der Waals surface area contributed by atoms with Crippen molar-refractivity contribution in [1.29, 1.82) is 0 Å². The van der Waals surface area contributed by atoms with Crippen LogP contribution < -0.4 is 5.32 Å². The summed E-state index contributed by atoms with van der Waals surface area (Å²) in [5.74, 6) is 0. The minimum absolute atomic E-state index is 0.308. The lowest BCUT2D eigenvalue weighted by molar-refractivity contribution is 0.490. The molecule has 0 heterocycles. The zero-order valence-corrected chi connectivity index (χ0v) is 6.83. The van der Waals surface area contributed by atoms with Crippen LogP contribution in [0.5, 0.6) is 0 Å². The van der Waals surface area contributed by atoms with Gasteiger partial charge < -0.3 is 5.32 Å². The maximum atomic E-state index is 4.04. The normalized spacial score (nSPS) is 13.5. The van der Waals surface area contributed by atoms with Gasteiger partial charge >= 0.3 is 0 Å². The molecule has 0 spiro atoms. The van der Waals surface area contributed by atoms with Gasteiger partial charge in [0.05, 0.1) is 0 Å². The minimum Gasteiger partial charge on any atom is -0.312 e. The van der Waals surface area contributed by atoms with E-state index < -0.39 is 0 Å². The van der Waals surface area contributed by atoms with Crippen LogP contribution in [-0.4, -0.2) is 31.4 Å². The quantitative estimate of drug-likeness (QED) is 0.460. The molecule has 0 aliphatic carbocycles. The summed E-state index contributed by atoms with van der Waals surface area (Å²) in [4.78, 5) is 0. The molecular formula is C7H15N3. The van der Waals surface area contributed by atoms with Crippen LogP contribution in [0.3, 0.4) is 0 Å². The highest BCUT2D eigenvalue weighted by molar-refractivity contribution is 5.63. The van der Waals surface area contributed by atoms with Crippen molar-refractivity contribution in [3.8, 4) is 0 Å². The van der Waals surface area contributed by atoms with E-state index in [1.807, 2.05) is 27.2 Å². The number of hydrazone groups is 1. The molecule has 0 aromatic rings. The molecule has 0 amide bonds. The largest absolute Gasteiger partial charge is 0.312 e. The van der Waals surface area contributed by atoms with Gasteiger partial charge in [-0.3, -0.25) is 5.01 Å². The lowest BCUT2D eigenvalue weighted by atomic mass is 10.4. The third-order valence-corrected chi connectivity index (χ3v) is 1.19. The van der Waals surface area contributed by atoms with Crippen LogP contribution in [0, 0.1) is 0 Å². The van der Waals surface area contributed by atoms with Crippen LogP contribution in [0.15, 0.2) is 17.9 Å². The smallest absolute Gasteiger partial charge is 0.0415 e. The van der Waals surface area contributed by atoms with Crippen molar-refractivity contribution in [2.75, 3.05) is 14.1 Å². The summed E-state index contributed by atoms with van der Waals surface area (Å²) in [6, 6.07) is 0.308. The number of rotatable bonds is 4. The average molecular weight is 141 g/mol. The van der Waals surface area contributed by atoms with E-state index in [-0.39, 0.29) is 0 Å². The fourth-order valence-electron chi connectivity index (χ4n) is 0.327. The van der Waals surface area contributed by atoms with E-state index >= 15 is 0 Å². The highest BCUT2D eigenvalue weighted by Gasteiger charge is 1.89. The van der Waals surface area contributed by atoms with Crippen LogP contribution in [0.1, 0.15) is 6.92 Å². The summed E-state index contributed by atoms with van der Waals surface area (Å²) < 4.78 is 0. The predicted molar refractivity (Wildman–Crippen MR) is 45.0 cm³/mol. The molecule has 1 atom stereocenters. The van der Waals surface area contributed by atoms with Gasteiger partial charge in [0.15, 0.2) is 0 Å². The molecule has 0 radical (unpaired) electrons. The monoisotopic (exact) mass is 141 g/mol. The molecule has 0 fully saturated rings. The first-order valence-electron chi connectivity index (χ1n) is 3.27. The van der Waals surface area contributed by atoms with Crippen LogP contribution in [0.25, 0.3) is 0 Å². The summed E-state index contributed by atoms with van der Waals surface area (Å²) in [7, 11) is 3.73. The maximum Gasteiger partial charge on any atom is 0.0415 e. The summed E-state index contributed by atoms with van der Waals surface area (Å²) in [6.45, 7) is 5.58. The third-order valence-electron chi connectivity index (χ3n) is 1.19. The number of nitrogens with one attached hydrogen (secondary N) is 1. The Kier molecular flexibility index (Phi) is 4.58. The van der Waals surface area contributed by atoms with Crippen molar-refractivity contribution in [2.24, 2.45) is 5.10 Å². The van der Waals surface area contributed by atoms with Crippen molar-refractivity contribution in [3.05, 3.63) is 12.8 Å². The second-order valence-corrected chi connectivity index (χ2v) is 2.10. The van der Waals surface area contributed by atoms with Crippen molar-refractivity contribution in [2.45, 2.75) is 13.0 Å². The van der Waals surface area contributed by atoms with Crippen molar-refractivity contribution >= 4 is 6.21 Å². The minimum atomic E-state index is 0.308. The summed E-state index contributed by atoms with van der Waals surface area (Å²) in [5.41, 5.74) is 0. The molecule has 0 aliphatic rings.